The Morgan fingerprint density at radius 2 is 2.05 bits per heavy atom. The standard InChI is InChI=1S/C14H10ClNO4S/c15-12-6-5-11(21-12)13(17)16-7-10(14(18)19)20-9-4-2-1-3-8(9)16/h1-6,10H,7H2,(H,18,19). The SMILES string of the molecule is O=C(O)C1CN(C(=O)c2ccc(Cl)s2)c2ccccc2O1. The van der Waals surface area contributed by atoms with Gasteiger partial charge in [0.25, 0.3) is 5.91 Å². The quantitative estimate of drug-likeness (QED) is 0.922. The number of hydrogen-bond acceptors (Lipinski definition) is 4. The van der Waals surface area contributed by atoms with Crippen LogP contribution in [0, 0.1) is 0 Å². The van der Waals surface area contributed by atoms with Gasteiger partial charge in [0.1, 0.15) is 5.75 Å². The van der Waals surface area contributed by atoms with Crippen LogP contribution in [0.3, 0.4) is 0 Å². The second-order valence-corrected chi connectivity index (χ2v) is 6.15. The maximum Gasteiger partial charge on any atom is 0.346 e. The normalized spacial score (nSPS) is 17.0. The van der Waals surface area contributed by atoms with Crippen LogP contribution in [0.4, 0.5) is 5.69 Å². The van der Waals surface area contributed by atoms with Gasteiger partial charge in [0.15, 0.2) is 0 Å². The number of fused-ring (bicyclic) bond motifs is 1. The third-order valence-corrected chi connectivity index (χ3v) is 4.30. The number of ether oxygens (including phenoxy) is 1. The second kappa shape index (κ2) is 5.38. The molecule has 3 rings (SSSR count). The third kappa shape index (κ3) is 2.59. The number of carbonyl (C=O) groups excluding carboxylic acids is 1. The lowest BCUT2D eigenvalue weighted by atomic mass is 10.1. The van der Waals surface area contributed by atoms with Gasteiger partial charge < -0.3 is 9.84 Å². The fourth-order valence-corrected chi connectivity index (χ4v) is 3.11. The number of anilines is 1. The lowest BCUT2D eigenvalue weighted by molar-refractivity contribution is -0.144. The predicted octanol–water partition coefficient (Wildman–Crippen LogP) is 2.89. The molecule has 1 aromatic carbocycles. The van der Waals surface area contributed by atoms with Crippen molar-refractivity contribution in [2.75, 3.05) is 11.4 Å². The lowest BCUT2D eigenvalue weighted by Gasteiger charge is -2.32. The van der Waals surface area contributed by atoms with E-state index in [-0.39, 0.29) is 12.5 Å². The van der Waals surface area contributed by atoms with Gasteiger partial charge in [0, 0.05) is 0 Å². The van der Waals surface area contributed by atoms with Gasteiger partial charge in [0.2, 0.25) is 6.10 Å². The molecule has 0 radical (unpaired) electrons. The molecule has 5 nitrogen and oxygen atoms in total. The molecule has 1 aromatic heterocycles. The van der Waals surface area contributed by atoms with E-state index in [1.165, 1.54) is 4.90 Å². The monoisotopic (exact) mass is 323 g/mol. The Morgan fingerprint density at radius 3 is 2.71 bits per heavy atom. The number of aliphatic carboxylic acids is 1. The molecule has 0 saturated carbocycles. The summed E-state index contributed by atoms with van der Waals surface area (Å²) in [5.74, 6) is -1.01. The largest absolute Gasteiger partial charge is 0.478 e. The molecule has 1 N–H and O–H groups in total. The minimum atomic E-state index is -1.11. The van der Waals surface area contributed by atoms with Crippen LogP contribution in [-0.4, -0.2) is 29.6 Å². The predicted molar refractivity (Wildman–Crippen MR) is 79.5 cm³/mol. The summed E-state index contributed by atoms with van der Waals surface area (Å²) >= 11 is 7.01. The molecule has 1 atom stereocenters. The van der Waals surface area contributed by atoms with Crippen LogP contribution in [-0.2, 0) is 4.79 Å². The Hall–Kier alpha value is -2.05. The number of rotatable bonds is 2. The number of carboxylic acids is 1. The summed E-state index contributed by atoms with van der Waals surface area (Å²) in [6.45, 7) is -0.0410. The van der Waals surface area contributed by atoms with Crippen LogP contribution in [0.15, 0.2) is 36.4 Å². The highest BCUT2D eigenvalue weighted by Crippen LogP contribution is 2.35. The van der Waals surface area contributed by atoms with Gasteiger partial charge in [-0.15, -0.1) is 11.3 Å². The number of carboxylic acid groups (broad SMARTS) is 1. The Balaban J connectivity index is 2.00. The Labute approximate surface area is 129 Å². The lowest BCUT2D eigenvalue weighted by Crippen LogP contribution is -2.46. The van der Waals surface area contributed by atoms with E-state index in [1.54, 1.807) is 36.4 Å². The summed E-state index contributed by atoms with van der Waals surface area (Å²) in [4.78, 5) is 25.6. The van der Waals surface area contributed by atoms with Gasteiger partial charge in [-0.05, 0) is 24.3 Å². The second-order valence-electron chi connectivity index (χ2n) is 4.43. The van der Waals surface area contributed by atoms with Gasteiger partial charge in [-0.3, -0.25) is 9.69 Å². The zero-order valence-electron chi connectivity index (χ0n) is 10.7. The molecule has 1 unspecified atom stereocenters. The molecule has 0 fully saturated rings. The van der Waals surface area contributed by atoms with Gasteiger partial charge in [-0.2, -0.15) is 0 Å². The number of nitrogens with zero attached hydrogens (tertiary/aromatic N) is 1. The minimum absolute atomic E-state index is 0.0410. The average molecular weight is 324 g/mol. The molecule has 2 aromatic rings. The molecule has 21 heavy (non-hydrogen) atoms. The fourth-order valence-electron chi connectivity index (χ4n) is 2.12. The van der Waals surface area contributed by atoms with Crippen LogP contribution < -0.4 is 9.64 Å². The molecule has 2 heterocycles. The van der Waals surface area contributed by atoms with Crippen molar-refractivity contribution in [3.8, 4) is 5.75 Å². The van der Waals surface area contributed by atoms with Gasteiger partial charge in [-0.1, -0.05) is 23.7 Å². The summed E-state index contributed by atoms with van der Waals surface area (Å²) < 4.78 is 5.91. The van der Waals surface area contributed by atoms with E-state index in [0.29, 0.717) is 20.7 Å². The van der Waals surface area contributed by atoms with E-state index in [0.717, 1.165) is 11.3 Å². The summed E-state index contributed by atoms with van der Waals surface area (Å²) in [5.41, 5.74) is 0.560. The zero-order valence-corrected chi connectivity index (χ0v) is 12.2. The number of thiophene rings is 1. The maximum absolute atomic E-state index is 12.6. The molecule has 108 valence electrons. The smallest absolute Gasteiger partial charge is 0.346 e. The van der Waals surface area contributed by atoms with Crippen LogP contribution in [0.1, 0.15) is 9.67 Å². The molecule has 0 aliphatic carbocycles. The van der Waals surface area contributed by atoms with Crippen molar-refractivity contribution < 1.29 is 19.4 Å². The highest BCUT2D eigenvalue weighted by molar-refractivity contribution is 7.18. The van der Waals surface area contributed by atoms with Crippen molar-refractivity contribution in [2.24, 2.45) is 0 Å². The molecular formula is C14H10ClNO4S. The number of carbonyl (C=O) groups is 2. The molecule has 1 aliphatic heterocycles. The van der Waals surface area contributed by atoms with Crippen molar-refractivity contribution >= 4 is 40.5 Å². The fraction of sp³-hybridized carbons (Fsp3) is 0.143. The molecule has 0 saturated heterocycles. The van der Waals surface area contributed by atoms with E-state index >= 15 is 0 Å². The van der Waals surface area contributed by atoms with Gasteiger partial charge in [0.05, 0.1) is 21.4 Å². The minimum Gasteiger partial charge on any atom is -0.478 e. The summed E-state index contributed by atoms with van der Waals surface area (Å²) in [7, 11) is 0. The zero-order chi connectivity index (χ0) is 15.0. The highest BCUT2D eigenvalue weighted by Gasteiger charge is 2.34. The number of benzene rings is 1. The van der Waals surface area contributed by atoms with Crippen LogP contribution >= 0.6 is 22.9 Å². The molecule has 1 amide bonds. The van der Waals surface area contributed by atoms with E-state index in [1.807, 2.05) is 0 Å². The Morgan fingerprint density at radius 1 is 1.29 bits per heavy atom. The first-order valence-electron chi connectivity index (χ1n) is 6.12. The van der Waals surface area contributed by atoms with Gasteiger partial charge >= 0.3 is 5.97 Å². The highest BCUT2D eigenvalue weighted by atomic mass is 35.5. The number of para-hydroxylation sites is 2. The Kier molecular flexibility index (Phi) is 3.57. The summed E-state index contributed by atoms with van der Waals surface area (Å²) in [6, 6.07) is 10.1. The van der Waals surface area contributed by atoms with E-state index < -0.39 is 12.1 Å². The van der Waals surface area contributed by atoms with Crippen molar-refractivity contribution in [1.29, 1.82) is 0 Å². The van der Waals surface area contributed by atoms with Gasteiger partial charge in [-0.25, -0.2) is 4.79 Å². The van der Waals surface area contributed by atoms with Crippen molar-refractivity contribution in [3.63, 3.8) is 0 Å². The number of halogens is 1. The number of hydrogen-bond donors (Lipinski definition) is 1. The molecular weight excluding hydrogens is 314 g/mol. The molecule has 0 spiro atoms. The third-order valence-electron chi connectivity index (χ3n) is 3.08. The maximum atomic E-state index is 12.6. The average Bonchev–Trinajstić information content (AvgIpc) is 2.92. The van der Waals surface area contributed by atoms with Crippen LogP contribution in [0.2, 0.25) is 4.34 Å². The topological polar surface area (TPSA) is 66.8 Å². The van der Waals surface area contributed by atoms with E-state index in [4.69, 9.17) is 21.4 Å². The Bertz CT molecular complexity index is 715. The van der Waals surface area contributed by atoms with E-state index in [9.17, 15) is 9.59 Å². The summed E-state index contributed by atoms with van der Waals surface area (Å²) in [5, 5.41) is 9.16. The molecule has 1 aliphatic rings. The molecule has 0 bridgehead atoms. The van der Waals surface area contributed by atoms with Crippen LogP contribution in [0.5, 0.6) is 5.75 Å². The van der Waals surface area contributed by atoms with Crippen molar-refractivity contribution in [2.45, 2.75) is 6.10 Å². The first-order valence-corrected chi connectivity index (χ1v) is 7.31. The van der Waals surface area contributed by atoms with Crippen molar-refractivity contribution in [3.05, 3.63) is 45.6 Å². The summed E-state index contributed by atoms with van der Waals surface area (Å²) in [6.07, 6.45) is -1.08. The number of amides is 1. The first kappa shape index (κ1) is 13.9. The van der Waals surface area contributed by atoms with Crippen molar-refractivity contribution in [1.82, 2.24) is 0 Å². The first-order chi connectivity index (χ1) is 10.1. The molecule has 7 heteroatoms. The van der Waals surface area contributed by atoms with Crippen LogP contribution in [0.25, 0.3) is 0 Å². The van der Waals surface area contributed by atoms with E-state index in [2.05, 4.69) is 0 Å².